The molecule has 232 valence electrons. The number of alkyl halides is 3. The summed E-state index contributed by atoms with van der Waals surface area (Å²) in [6, 6.07) is 20.4. The lowest BCUT2D eigenvalue weighted by atomic mass is 10.1. The summed E-state index contributed by atoms with van der Waals surface area (Å²) in [5, 5.41) is 1.29. The van der Waals surface area contributed by atoms with E-state index in [1.54, 1.807) is 0 Å². The molecule has 43 heavy (non-hydrogen) atoms. The first-order chi connectivity index (χ1) is 20.2. The highest BCUT2D eigenvalue weighted by molar-refractivity contribution is 7.87. The van der Waals surface area contributed by atoms with Crippen molar-refractivity contribution in [3.05, 3.63) is 78.4 Å². The van der Waals surface area contributed by atoms with E-state index in [2.05, 4.69) is 0 Å². The van der Waals surface area contributed by atoms with Gasteiger partial charge in [0.05, 0.1) is 26.9 Å². The molecule has 1 aliphatic rings. The molecular formula is C30H33F3O8SSi. The molecule has 0 aromatic heterocycles. The number of hydrogen-bond donors (Lipinski definition) is 0. The largest absolute Gasteiger partial charge is 0.534 e. The summed E-state index contributed by atoms with van der Waals surface area (Å²) in [7, 11) is -5.41. The average molecular weight is 639 g/mol. The lowest BCUT2D eigenvalue weighted by molar-refractivity contribution is -0.0509. The van der Waals surface area contributed by atoms with Gasteiger partial charge in [-0.05, 0) is 27.6 Å². The Morgan fingerprint density at radius 3 is 1.81 bits per heavy atom. The van der Waals surface area contributed by atoms with Gasteiger partial charge in [-0.25, -0.2) is 0 Å². The quantitative estimate of drug-likeness (QED) is 0.178. The van der Waals surface area contributed by atoms with Crippen molar-refractivity contribution >= 4 is 34.6 Å². The SMILES string of the molecule is COc1cc2c(c(OC)c1OC)OCC(O[Si](c1ccccc1)(c1ccccc1)C(C)(C)C)C=C2OS(=O)(=O)C(F)(F)F. The molecule has 8 nitrogen and oxygen atoms in total. The van der Waals surface area contributed by atoms with Crippen molar-refractivity contribution in [2.75, 3.05) is 27.9 Å². The van der Waals surface area contributed by atoms with Crippen LogP contribution in [0.15, 0.2) is 72.8 Å². The van der Waals surface area contributed by atoms with Crippen molar-refractivity contribution in [2.24, 2.45) is 0 Å². The summed E-state index contributed by atoms with van der Waals surface area (Å²) in [5.41, 5.74) is -5.85. The lowest BCUT2D eigenvalue weighted by Gasteiger charge is -2.44. The highest BCUT2D eigenvalue weighted by Gasteiger charge is 2.53. The average Bonchev–Trinajstić information content (AvgIpc) is 3.12. The molecule has 4 rings (SSSR count). The van der Waals surface area contributed by atoms with Gasteiger partial charge >= 0.3 is 15.6 Å². The third-order valence-electron chi connectivity index (χ3n) is 7.01. The van der Waals surface area contributed by atoms with Gasteiger partial charge in [0.15, 0.2) is 17.3 Å². The van der Waals surface area contributed by atoms with Gasteiger partial charge in [-0.15, -0.1) is 0 Å². The van der Waals surface area contributed by atoms with Crippen LogP contribution in [0.4, 0.5) is 13.2 Å². The summed E-state index contributed by atoms with van der Waals surface area (Å²) < 4.78 is 99.5. The first-order valence-electron chi connectivity index (χ1n) is 13.2. The molecule has 3 aromatic carbocycles. The second kappa shape index (κ2) is 12.1. The Morgan fingerprint density at radius 1 is 0.837 bits per heavy atom. The van der Waals surface area contributed by atoms with E-state index >= 15 is 0 Å². The Kier molecular flexibility index (Phi) is 9.10. The summed E-state index contributed by atoms with van der Waals surface area (Å²) in [4.78, 5) is 0. The normalized spacial score (nSPS) is 15.8. The molecule has 1 heterocycles. The van der Waals surface area contributed by atoms with Crippen LogP contribution in [-0.4, -0.2) is 56.3 Å². The molecule has 0 saturated heterocycles. The van der Waals surface area contributed by atoms with Crippen molar-refractivity contribution in [1.82, 2.24) is 0 Å². The summed E-state index contributed by atoms with van der Waals surface area (Å²) in [6.07, 6.45) is 0.124. The summed E-state index contributed by atoms with van der Waals surface area (Å²) in [5.74, 6) is -0.647. The van der Waals surface area contributed by atoms with Crippen LogP contribution in [0.5, 0.6) is 23.0 Å². The molecule has 0 N–H and O–H groups in total. The van der Waals surface area contributed by atoms with Crippen molar-refractivity contribution in [3.8, 4) is 23.0 Å². The number of hydrogen-bond acceptors (Lipinski definition) is 8. The maximum Gasteiger partial charge on any atom is 0.534 e. The van der Waals surface area contributed by atoms with Gasteiger partial charge in [0.2, 0.25) is 11.5 Å². The van der Waals surface area contributed by atoms with Gasteiger partial charge in [-0.3, -0.25) is 0 Å². The predicted octanol–water partition coefficient (Wildman–Crippen LogP) is 5.26. The fraction of sp³-hybridized carbons (Fsp3) is 0.333. The van der Waals surface area contributed by atoms with Gasteiger partial charge in [-0.1, -0.05) is 81.4 Å². The van der Waals surface area contributed by atoms with Gasteiger partial charge in [0.25, 0.3) is 8.32 Å². The third-order valence-corrected chi connectivity index (χ3v) is 13.0. The van der Waals surface area contributed by atoms with Crippen molar-refractivity contribution in [2.45, 2.75) is 37.4 Å². The standard InChI is InChI=1S/C30H33F3O8SSi/c1-29(2,3)43(21-13-9-7-10-14-21,22-15-11-8-12-16-22)41-20-17-24(40-42(34,35)30(31,32)33)23-18-25(36-4)27(37-5)28(38-6)26(23)39-19-20/h7-18,20H,19H2,1-6H3. The number of halogens is 3. The van der Waals surface area contributed by atoms with E-state index in [4.69, 9.17) is 27.6 Å². The molecule has 1 aliphatic heterocycles. The maximum atomic E-state index is 13.6. The third kappa shape index (κ3) is 6.06. The zero-order chi connectivity index (χ0) is 31.6. The van der Waals surface area contributed by atoms with Crippen molar-refractivity contribution in [3.63, 3.8) is 0 Å². The summed E-state index contributed by atoms with van der Waals surface area (Å²) >= 11 is 0. The topological polar surface area (TPSA) is 89.5 Å². The molecule has 1 atom stereocenters. The molecule has 0 bridgehead atoms. The Bertz CT molecular complexity index is 1530. The van der Waals surface area contributed by atoms with Crippen LogP contribution < -0.4 is 29.3 Å². The minimum Gasteiger partial charge on any atom is -0.493 e. The zero-order valence-corrected chi connectivity index (χ0v) is 26.3. The highest BCUT2D eigenvalue weighted by atomic mass is 32.2. The second-order valence-electron chi connectivity index (χ2n) is 10.7. The zero-order valence-electron chi connectivity index (χ0n) is 24.5. The molecule has 3 aromatic rings. The van der Waals surface area contributed by atoms with E-state index in [9.17, 15) is 21.6 Å². The minimum absolute atomic E-state index is 0.0261. The lowest BCUT2D eigenvalue weighted by Crippen LogP contribution is -2.68. The first kappa shape index (κ1) is 32.2. The van der Waals surface area contributed by atoms with Crippen molar-refractivity contribution < 1.29 is 49.1 Å². The minimum atomic E-state index is -6.09. The van der Waals surface area contributed by atoms with E-state index in [1.807, 2.05) is 81.4 Å². The molecule has 0 radical (unpaired) electrons. The smallest absolute Gasteiger partial charge is 0.493 e. The summed E-state index contributed by atoms with van der Waals surface area (Å²) in [6.45, 7) is 5.86. The fourth-order valence-electron chi connectivity index (χ4n) is 5.15. The van der Waals surface area contributed by atoms with E-state index in [0.29, 0.717) is 0 Å². The Hall–Kier alpha value is -3.68. The first-order valence-corrected chi connectivity index (χ1v) is 16.5. The van der Waals surface area contributed by atoms with E-state index in [0.717, 1.165) is 10.4 Å². The van der Waals surface area contributed by atoms with Crippen LogP contribution in [0.1, 0.15) is 26.3 Å². The van der Waals surface area contributed by atoms with Gasteiger partial charge in [0, 0.05) is 0 Å². The molecule has 0 fully saturated rings. The molecule has 0 spiro atoms. The predicted molar refractivity (Wildman–Crippen MR) is 158 cm³/mol. The number of ether oxygens (including phenoxy) is 4. The van der Waals surface area contributed by atoms with Crippen LogP contribution in [0, 0.1) is 0 Å². The molecule has 0 saturated carbocycles. The molecule has 1 unspecified atom stereocenters. The monoisotopic (exact) mass is 638 g/mol. The van der Waals surface area contributed by atoms with Gasteiger partial charge in [0.1, 0.15) is 12.7 Å². The van der Waals surface area contributed by atoms with Crippen LogP contribution >= 0.6 is 0 Å². The number of benzene rings is 3. The Morgan fingerprint density at radius 2 is 1.37 bits per heavy atom. The Balaban J connectivity index is 1.97. The number of methoxy groups -OCH3 is 3. The van der Waals surface area contributed by atoms with E-state index in [1.165, 1.54) is 33.5 Å². The number of rotatable bonds is 9. The van der Waals surface area contributed by atoms with E-state index < -0.39 is 40.8 Å². The van der Waals surface area contributed by atoms with E-state index in [-0.39, 0.29) is 35.2 Å². The Labute approximate surface area is 250 Å². The number of fused-ring (bicyclic) bond motifs is 1. The maximum absolute atomic E-state index is 13.6. The molecule has 13 heteroatoms. The van der Waals surface area contributed by atoms with Crippen LogP contribution in [0.2, 0.25) is 5.04 Å². The van der Waals surface area contributed by atoms with Crippen molar-refractivity contribution in [1.29, 1.82) is 0 Å². The molecule has 0 amide bonds. The highest BCUT2D eigenvalue weighted by Crippen LogP contribution is 2.50. The molecular weight excluding hydrogens is 605 g/mol. The van der Waals surface area contributed by atoms with Gasteiger partial charge < -0.3 is 27.6 Å². The molecule has 0 aliphatic carbocycles. The van der Waals surface area contributed by atoms with Gasteiger partial charge in [-0.2, -0.15) is 21.6 Å². The second-order valence-corrected chi connectivity index (χ2v) is 16.5. The van der Waals surface area contributed by atoms with Crippen LogP contribution in [-0.2, 0) is 18.7 Å². The van der Waals surface area contributed by atoms with Crippen LogP contribution in [0.3, 0.4) is 0 Å². The van der Waals surface area contributed by atoms with Crippen LogP contribution in [0.25, 0.3) is 5.76 Å². The fourth-order valence-corrected chi connectivity index (χ4v) is 10.2.